The van der Waals surface area contributed by atoms with Crippen LogP contribution in [0.1, 0.15) is 27.1 Å². The average molecular weight is 576 g/mol. The van der Waals surface area contributed by atoms with Crippen LogP contribution in [-0.4, -0.2) is 87.2 Å². The number of rotatable bonds is 6. The molecule has 0 radical (unpaired) electrons. The first-order valence-corrected chi connectivity index (χ1v) is 13.9. The Bertz CT molecular complexity index is 1430. The van der Waals surface area contributed by atoms with Crippen molar-refractivity contribution in [2.45, 2.75) is 6.42 Å². The van der Waals surface area contributed by atoms with Crippen molar-refractivity contribution in [2.24, 2.45) is 0 Å². The zero-order chi connectivity index (χ0) is 29.5. The number of halogens is 1. The fourth-order valence-electron chi connectivity index (χ4n) is 5.06. The third-order valence-corrected chi connectivity index (χ3v) is 7.37. The predicted molar refractivity (Wildman–Crippen MR) is 158 cm³/mol. The van der Waals surface area contributed by atoms with E-state index in [2.05, 4.69) is 15.5 Å². The maximum Gasteiger partial charge on any atom is 0.321 e. The van der Waals surface area contributed by atoms with E-state index in [1.807, 2.05) is 6.07 Å². The summed E-state index contributed by atoms with van der Waals surface area (Å²) in [6.45, 7) is 3.85. The van der Waals surface area contributed by atoms with Crippen molar-refractivity contribution in [3.8, 4) is 5.75 Å². The second-order valence-corrected chi connectivity index (χ2v) is 10.1. The first kappa shape index (κ1) is 28.9. The lowest BCUT2D eigenvalue weighted by Crippen LogP contribution is -2.42. The molecule has 0 spiro atoms. The molecule has 3 aromatic carbocycles. The van der Waals surface area contributed by atoms with Crippen LogP contribution in [0.3, 0.4) is 0 Å². The molecule has 0 saturated carbocycles. The number of morpholine rings is 1. The number of urea groups is 1. The Balaban J connectivity index is 1.34. The van der Waals surface area contributed by atoms with Gasteiger partial charge < -0.3 is 34.8 Å². The Morgan fingerprint density at radius 2 is 1.60 bits per heavy atom. The van der Waals surface area contributed by atoms with E-state index in [4.69, 9.17) is 9.47 Å². The number of ether oxygens (including phenoxy) is 2. The molecule has 0 atom stereocenters. The van der Waals surface area contributed by atoms with Gasteiger partial charge in [0.05, 0.1) is 31.6 Å². The highest BCUT2D eigenvalue weighted by molar-refractivity contribution is 6.06. The Morgan fingerprint density at radius 1 is 0.833 bits per heavy atom. The van der Waals surface area contributed by atoms with Gasteiger partial charge in [-0.3, -0.25) is 9.59 Å². The van der Waals surface area contributed by atoms with Crippen LogP contribution >= 0.6 is 0 Å². The molecule has 2 fully saturated rings. The van der Waals surface area contributed by atoms with Crippen molar-refractivity contribution in [3.63, 3.8) is 0 Å². The van der Waals surface area contributed by atoms with Crippen LogP contribution in [-0.2, 0) is 4.74 Å². The molecule has 10 nitrogen and oxygen atoms in total. The highest BCUT2D eigenvalue weighted by atomic mass is 19.1. The fourth-order valence-corrected chi connectivity index (χ4v) is 5.06. The van der Waals surface area contributed by atoms with E-state index in [1.54, 1.807) is 65.4 Å². The predicted octanol–water partition coefficient (Wildman–Crippen LogP) is 4.30. The molecule has 2 aliphatic heterocycles. The molecular weight excluding hydrogens is 541 g/mol. The van der Waals surface area contributed by atoms with Crippen molar-refractivity contribution in [2.75, 3.05) is 75.1 Å². The van der Waals surface area contributed by atoms with E-state index in [-0.39, 0.29) is 23.5 Å². The normalized spacial score (nSPS) is 15.5. The summed E-state index contributed by atoms with van der Waals surface area (Å²) in [5, 5.41) is 5.55. The van der Waals surface area contributed by atoms with Gasteiger partial charge >= 0.3 is 6.03 Å². The number of carbonyl (C=O) groups excluding carboxylic acids is 3. The maximum atomic E-state index is 14.1. The molecule has 0 aromatic heterocycles. The summed E-state index contributed by atoms with van der Waals surface area (Å²) in [5.41, 5.74) is 2.28. The van der Waals surface area contributed by atoms with Crippen LogP contribution in [0.25, 0.3) is 0 Å². The lowest BCUT2D eigenvalue weighted by molar-refractivity contribution is 0.0303. The molecule has 2 N–H and O–H groups in total. The topological polar surface area (TPSA) is 103 Å². The Kier molecular flexibility index (Phi) is 9.18. The molecule has 2 aliphatic rings. The molecule has 11 heteroatoms. The lowest BCUT2D eigenvalue weighted by atomic mass is 10.1. The van der Waals surface area contributed by atoms with E-state index in [0.29, 0.717) is 81.5 Å². The molecule has 0 unspecified atom stereocenters. The molecule has 42 heavy (non-hydrogen) atoms. The van der Waals surface area contributed by atoms with Crippen molar-refractivity contribution < 1.29 is 28.2 Å². The number of nitrogens with one attached hydrogen (secondary N) is 2. The van der Waals surface area contributed by atoms with Crippen molar-refractivity contribution in [3.05, 3.63) is 83.7 Å². The fraction of sp³-hybridized carbons (Fsp3) is 0.323. The summed E-state index contributed by atoms with van der Waals surface area (Å²) in [5.74, 6) is -0.295. The number of anilines is 3. The van der Waals surface area contributed by atoms with Crippen LogP contribution < -0.4 is 20.3 Å². The Morgan fingerprint density at radius 3 is 2.33 bits per heavy atom. The zero-order valence-electron chi connectivity index (χ0n) is 23.5. The highest BCUT2D eigenvalue weighted by Gasteiger charge is 2.26. The first-order valence-electron chi connectivity index (χ1n) is 13.9. The van der Waals surface area contributed by atoms with Crippen molar-refractivity contribution in [1.29, 1.82) is 0 Å². The van der Waals surface area contributed by atoms with Gasteiger partial charge in [0.25, 0.3) is 11.8 Å². The second kappa shape index (κ2) is 13.3. The van der Waals surface area contributed by atoms with E-state index in [0.717, 1.165) is 5.69 Å². The van der Waals surface area contributed by atoms with Gasteiger partial charge in [0.1, 0.15) is 11.6 Å². The van der Waals surface area contributed by atoms with Gasteiger partial charge in [0.15, 0.2) is 0 Å². The number of amides is 4. The minimum absolute atomic E-state index is 0.134. The highest BCUT2D eigenvalue weighted by Crippen LogP contribution is 2.28. The number of hydrogen-bond acceptors (Lipinski definition) is 6. The van der Waals surface area contributed by atoms with Gasteiger partial charge in [-0.05, 0) is 61.0 Å². The summed E-state index contributed by atoms with van der Waals surface area (Å²) < 4.78 is 24.7. The largest absolute Gasteiger partial charge is 0.497 e. The minimum atomic E-state index is -0.493. The quantitative estimate of drug-likeness (QED) is 0.454. The lowest BCUT2D eigenvalue weighted by Gasteiger charge is -2.30. The van der Waals surface area contributed by atoms with Crippen LogP contribution in [0.4, 0.5) is 26.2 Å². The summed E-state index contributed by atoms with van der Waals surface area (Å²) >= 11 is 0. The average Bonchev–Trinajstić information content (AvgIpc) is 3.29. The molecule has 2 heterocycles. The van der Waals surface area contributed by atoms with Gasteiger partial charge in [-0.2, -0.15) is 0 Å². The van der Waals surface area contributed by atoms with E-state index < -0.39 is 5.82 Å². The van der Waals surface area contributed by atoms with Crippen molar-refractivity contribution >= 4 is 34.9 Å². The standard InChI is InChI=1S/C31H34FN5O5/c1-41-24-10-7-22(8-11-24)29(38)33-23-9-12-28(25(21-23)30(39)36-17-19-42-20-18-36)35-13-4-14-37(16-15-35)31(40)34-27-6-3-2-5-26(27)32/h2-3,5-12,21H,4,13-20H2,1H3,(H,33,38)(H,34,40). The monoisotopic (exact) mass is 575 g/mol. The summed E-state index contributed by atoms with van der Waals surface area (Å²) in [4.78, 5) is 45.1. The van der Waals surface area contributed by atoms with Crippen LogP contribution in [0.5, 0.6) is 5.75 Å². The van der Waals surface area contributed by atoms with Crippen LogP contribution in [0.15, 0.2) is 66.7 Å². The Labute approximate surface area is 244 Å². The molecule has 3 aromatic rings. The van der Waals surface area contributed by atoms with Gasteiger partial charge in [-0.25, -0.2) is 9.18 Å². The number of para-hydroxylation sites is 1. The number of carbonyl (C=O) groups is 3. The van der Waals surface area contributed by atoms with Gasteiger partial charge in [-0.1, -0.05) is 12.1 Å². The van der Waals surface area contributed by atoms with Crippen LogP contribution in [0, 0.1) is 5.82 Å². The van der Waals surface area contributed by atoms with Gasteiger partial charge in [-0.15, -0.1) is 0 Å². The number of nitrogens with zero attached hydrogens (tertiary/aromatic N) is 3. The summed E-state index contributed by atoms with van der Waals surface area (Å²) in [6.07, 6.45) is 0.659. The van der Waals surface area contributed by atoms with E-state index >= 15 is 0 Å². The van der Waals surface area contributed by atoms with E-state index in [1.165, 1.54) is 12.1 Å². The zero-order valence-corrected chi connectivity index (χ0v) is 23.5. The number of benzene rings is 3. The molecule has 2 saturated heterocycles. The minimum Gasteiger partial charge on any atom is -0.497 e. The molecule has 0 bridgehead atoms. The summed E-state index contributed by atoms with van der Waals surface area (Å²) in [7, 11) is 1.56. The van der Waals surface area contributed by atoms with E-state index in [9.17, 15) is 18.8 Å². The third-order valence-electron chi connectivity index (χ3n) is 7.37. The molecule has 0 aliphatic carbocycles. The summed E-state index contributed by atoms with van der Waals surface area (Å²) in [6, 6.07) is 17.8. The van der Waals surface area contributed by atoms with Crippen molar-refractivity contribution in [1.82, 2.24) is 9.80 Å². The number of hydrogen-bond donors (Lipinski definition) is 2. The SMILES string of the molecule is COc1ccc(C(=O)Nc2ccc(N3CCCN(C(=O)Nc4ccccc4F)CC3)c(C(=O)N3CCOCC3)c2)cc1. The maximum absolute atomic E-state index is 14.1. The Hall–Kier alpha value is -4.64. The molecule has 5 rings (SSSR count). The molecule has 4 amide bonds. The second-order valence-electron chi connectivity index (χ2n) is 10.1. The smallest absolute Gasteiger partial charge is 0.321 e. The first-order chi connectivity index (χ1) is 20.4. The van der Waals surface area contributed by atoms with Crippen LogP contribution in [0.2, 0.25) is 0 Å². The van der Waals surface area contributed by atoms with Gasteiger partial charge in [0.2, 0.25) is 0 Å². The van der Waals surface area contributed by atoms with Gasteiger partial charge in [0, 0.05) is 56.2 Å². The molecule has 220 valence electrons. The molecular formula is C31H34FN5O5. The third kappa shape index (κ3) is 6.80. The number of methoxy groups -OCH3 is 1.